The summed E-state index contributed by atoms with van der Waals surface area (Å²) in [5.74, 6) is 6.45. The Hall–Kier alpha value is -0.520. The highest BCUT2D eigenvalue weighted by atomic mass is 16.5. The lowest BCUT2D eigenvalue weighted by molar-refractivity contribution is 0.169. The van der Waals surface area contributed by atoms with Gasteiger partial charge in [-0.05, 0) is 6.54 Å². The first-order valence-electron chi connectivity index (χ1n) is 4.54. The fraction of sp³-hybridized carbons (Fsp3) is 0.800. The Labute approximate surface area is 75.7 Å². The molecule has 0 amide bonds. The molecule has 0 atom stereocenters. The molecule has 0 aromatic heterocycles. The molecule has 70 valence electrons. The van der Waals surface area contributed by atoms with Crippen LogP contribution in [0.2, 0.25) is 0 Å². The smallest absolute Gasteiger partial charge is 0.107 e. The predicted octanol–water partition coefficient (Wildman–Crippen LogP) is 1.27. The number of nitrogens with one attached hydrogen (secondary N) is 1. The summed E-state index contributed by atoms with van der Waals surface area (Å²) in [7, 11) is 0. The standard InChI is InChI=1S/C10H19NO/c1-4-11-7-9-12-8-5-6-10(2)3/h10-11H,4,7-9H2,1-3H3. The number of hydrogen-bond donors (Lipinski definition) is 1. The first-order chi connectivity index (χ1) is 5.77. The third-order valence-electron chi connectivity index (χ3n) is 1.24. The van der Waals surface area contributed by atoms with E-state index in [-0.39, 0.29) is 0 Å². The molecule has 0 spiro atoms. The van der Waals surface area contributed by atoms with E-state index in [1.807, 2.05) is 0 Å². The maximum atomic E-state index is 5.25. The van der Waals surface area contributed by atoms with E-state index < -0.39 is 0 Å². The summed E-state index contributed by atoms with van der Waals surface area (Å²) in [5.41, 5.74) is 0. The fourth-order valence-corrected chi connectivity index (χ4v) is 0.690. The zero-order valence-electron chi connectivity index (χ0n) is 8.31. The highest BCUT2D eigenvalue weighted by Crippen LogP contribution is 1.85. The second-order valence-electron chi connectivity index (χ2n) is 2.88. The van der Waals surface area contributed by atoms with Crippen molar-refractivity contribution in [1.82, 2.24) is 5.32 Å². The molecule has 0 aliphatic heterocycles. The summed E-state index contributed by atoms with van der Waals surface area (Å²) in [6, 6.07) is 0. The first-order valence-corrected chi connectivity index (χ1v) is 4.54. The van der Waals surface area contributed by atoms with Crippen LogP contribution in [0.15, 0.2) is 0 Å². The van der Waals surface area contributed by atoms with Gasteiger partial charge in [0.15, 0.2) is 0 Å². The minimum absolute atomic E-state index is 0.447. The average Bonchev–Trinajstić information content (AvgIpc) is 2.02. The van der Waals surface area contributed by atoms with Gasteiger partial charge in [0.2, 0.25) is 0 Å². The quantitative estimate of drug-likeness (QED) is 0.494. The van der Waals surface area contributed by atoms with Crippen molar-refractivity contribution in [2.75, 3.05) is 26.3 Å². The van der Waals surface area contributed by atoms with Gasteiger partial charge in [-0.25, -0.2) is 0 Å². The summed E-state index contributed by atoms with van der Waals surface area (Å²) in [5, 5.41) is 3.17. The molecular weight excluding hydrogens is 150 g/mol. The molecule has 0 aromatic carbocycles. The molecule has 0 heterocycles. The van der Waals surface area contributed by atoms with Gasteiger partial charge in [0.25, 0.3) is 0 Å². The van der Waals surface area contributed by atoms with Gasteiger partial charge < -0.3 is 10.1 Å². The van der Waals surface area contributed by atoms with Gasteiger partial charge in [0.05, 0.1) is 6.61 Å². The summed E-state index contributed by atoms with van der Waals surface area (Å²) in [4.78, 5) is 0. The van der Waals surface area contributed by atoms with Crippen molar-refractivity contribution >= 4 is 0 Å². The molecular formula is C10H19NO. The van der Waals surface area contributed by atoms with Gasteiger partial charge >= 0.3 is 0 Å². The van der Waals surface area contributed by atoms with Crippen LogP contribution < -0.4 is 5.32 Å². The van der Waals surface area contributed by atoms with E-state index in [9.17, 15) is 0 Å². The molecule has 0 aliphatic carbocycles. The Kier molecular flexibility index (Phi) is 8.20. The molecule has 0 aliphatic rings. The maximum Gasteiger partial charge on any atom is 0.107 e. The largest absolute Gasteiger partial charge is 0.367 e. The molecule has 2 heteroatoms. The summed E-state index contributed by atoms with van der Waals surface area (Å²) >= 11 is 0. The molecule has 0 aromatic rings. The molecule has 0 saturated heterocycles. The second-order valence-corrected chi connectivity index (χ2v) is 2.88. The SMILES string of the molecule is CCNCCOCC#CC(C)C. The summed E-state index contributed by atoms with van der Waals surface area (Å²) < 4.78 is 5.25. The Morgan fingerprint density at radius 2 is 2.17 bits per heavy atom. The summed E-state index contributed by atoms with van der Waals surface area (Å²) in [6.45, 7) is 9.46. The van der Waals surface area contributed by atoms with E-state index in [2.05, 4.69) is 37.9 Å². The number of rotatable bonds is 5. The van der Waals surface area contributed by atoms with Crippen LogP contribution in [0.4, 0.5) is 0 Å². The molecule has 0 saturated carbocycles. The maximum absolute atomic E-state index is 5.25. The van der Waals surface area contributed by atoms with Crippen molar-refractivity contribution in [2.45, 2.75) is 20.8 Å². The molecule has 0 rings (SSSR count). The molecule has 0 bridgehead atoms. The Bertz CT molecular complexity index is 144. The van der Waals surface area contributed by atoms with Crippen LogP contribution in [0.1, 0.15) is 20.8 Å². The van der Waals surface area contributed by atoms with Gasteiger partial charge in [-0.2, -0.15) is 0 Å². The van der Waals surface area contributed by atoms with Crippen molar-refractivity contribution in [2.24, 2.45) is 5.92 Å². The second kappa shape index (κ2) is 8.58. The zero-order chi connectivity index (χ0) is 9.23. The minimum Gasteiger partial charge on any atom is -0.367 e. The van der Waals surface area contributed by atoms with Gasteiger partial charge in [-0.1, -0.05) is 32.6 Å². The van der Waals surface area contributed by atoms with Crippen molar-refractivity contribution in [3.63, 3.8) is 0 Å². The Morgan fingerprint density at radius 1 is 1.42 bits per heavy atom. The molecule has 0 fully saturated rings. The van der Waals surface area contributed by atoms with E-state index in [0.717, 1.165) is 19.7 Å². The van der Waals surface area contributed by atoms with Crippen LogP contribution in [0.25, 0.3) is 0 Å². The highest BCUT2D eigenvalue weighted by Gasteiger charge is 1.84. The highest BCUT2D eigenvalue weighted by molar-refractivity contribution is 5.01. The molecule has 0 unspecified atom stereocenters. The first kappa shape index (κ1) is 11.5. The van der Waals surface area contributed by atoms with Crippen LogP contribution in [-0.4, -0.2) is 26.3 Å². The monoisotopic (exact) mass is 169 g/mol. The van der Waals surface area contributed by atoms with Crippen molar-refractivity contribution in [3.8, 4) is 11.8 Å². The fourth-order valence-electron chi connectivity index (χ4n) is 0.690. The zero-order valence-corrected chi connectivity index (χ0v) is 8.31. The summed E-state index contributed by atoms with van der Waals surface area (Å²) in [6.07, 6.45) is 0. The van der Waals surface area contributed by atoms with Crippen molar-refractivity contribution < 1.29 is 4.74 Å². The van der Waals surface area contributed by atoms with E-state index in [4.69, 9.17) is 4.74 Å². The predicted molar refractivity (Wildman–Crippen MR) is 52.0 cm³/mol. The van der Waals surface area contributed by atoms with E-state index in [1.54, 1.807) is 0 Å². The third-order valence-corrected chi connectivity index (χ3v) is 1.24. The molecule has 1 N–H and O–H groups in total. The normalized spacial score (nSPS) is 9.67. The van der Waals surface area contributed by atoms with Crippen LogP contribution in [0.5, 0.6) is 0 Å². The lowest BCUT2D eigenvalue weighted by Gasteiger charge is -1.99. The Morgan fingerprint density at radius 3 is 2.75 bits per heavy atom. The lowest BCUT2D eigenvalue weighted by atomic mass is 10.2. The van der Waals surface area contributed by atoms with Crippen LogP contribution >= 0.6 is 0 Å². The van der Waals surface area contributed by atoms with Gasteiger partial charge in [-0.3, -0.25) is 0 Å². The van der Waals surface area contributed by atoms with E-state index >= 15 is 0 Å². The number of likely N-dealkylation sites (N-methyl/N-ethyl adjacent to an activating group) is 1. The minimum atomic E-state index is 0.447. The number of ether oxygens (including phenoxy) is 1. The van der Waals surface area contributed by atoms with Gasteiger partial charge in [0, 0.05) is 12.5 Å². The molecule has 2 nitrogen and oxygen atoms in total. The molecule has 12 heavy (non-hydrogen) atoms. The van der Waals surface area contributed by atoms with Crippen LogP contribution in [0.3, 0.4) is 0 Å². The topological polar surface area (TPSA) is 21.3 Å². The van der Waals surface area contributed by atoms with Gasteiger partial charge in [0.1, 0.15) is 6.61 Å². The lowest BCUT2D eigenvalue weighted by Crippen LogP contribution is -2.18. The van der Waals surface area contributed by atoms with Crippen LogP contribution in [0, 0.1) is 17.8 Å². The molecule has 0 radical (unpaired) electrons. The van der Waals surface area contributed by atoms with E-state index in [0.29, 0.717) is 12.5 Å². The Balaban J connectivity index is 3.07. The number of hydrogen-bond acceptors (Lipinski definition) is 2. The van der Waals surface area contributed by atoms with E-state index in [1.165, 1.54) is 0 Å². The van der Waals surface area contributed by atoms with Gasteiger partial charge in [-0.15, -0.1) is 0 Å². The van der Waals surface area contributed by atoms with Crippen molar-refractivity contribution in [1.29, 1.82) is 0 Å². The van der Waals surface area contributed by atoms with Crippen LogP contribution in [-0.2, 0) is 4.74 Å². The third kappa shape index (κ3) is 9.48. The van der Waals surface area contributed by atoms with Crippen molar-refractivity contribution in [3.05, 3.63) is 0 Å². The average molecular weight is 169 g/mol.